The molecule has 9 aromatic rings. The van der Waals surface area contributed by atoms with Crippen molar-refractivity contribution in [1.29, 1.82) is 0 Å². The summed E-state index contributed by atoms with van der Waals surface area (Å²) in [4.78, 5) is 4.55. The molecule has 2 heteroatoms. The van der Waals surface area contributed by atoms with E-state index >= 15 is 0 Å². The van der Waals surface area contributed by atoms with Gasteiger partial charge in [-0.1, -0.05) is 121 Å². The highest BCUT2D eigenvalue weighted by Gasteiger charge is 2.18. The number of nitrogens with zero attached hydrogens (tertiary/aromatic N) is 2. The molecule has 0 spiro atoms. The second-order valence-electron chi connectivity index (χ2n) is 12.0. The minimum absolute atomic E-state index is 0.985. The molecule has 0 aliphatic heterocycles. The van der Waals surface area contributed by atoms with Gasteiger partial charge in [0.2, 0.25) is 0 Å². The highest BCUT2D eigenvalue weighted by molar-refractivity contribution is 6.21. The zero-order valence-corrected chi connectivity index (χ0v) is 25.5. The Morgan fingerprint density at radius 3 is 1.39 bits per heavy atom. The van der Waals surface area contributed by atoms with E-state index in [1.54, 1.807) is 0 Å². The number of fused-ring (bicyclic) bond motifs is 5. The number of hydrogen-bond acceptors (Lipinski definition) is 1. The van der Waals surface area contributed by atoms with Crippen LogP contribution < -0.4 is 0 Å². The average molecular weight is 587 g/mol. The molecular weight excluding hydrogens is 556 g/mol. The van der Waals surface area contributed by atoms with Crippen LogP contribution in [0.1, 0.15) is 5.56 Å². The molecule has 0 fully saturated rings. The molecule has 0 bridgehead atoms. The molecule has 0 saturated carbocycles. The Labute approximate surface area is 267 Å². The third-order valence-electron chi connectivity index (χ3n) is 9.37. The lowest BCUT2D eigenvalue weighted by Gasteiger charge is -2.19. The molecule has 2 aromatic heterocycles. The second kappa shape index (κ2) is 10.6. The van der Waals surface area contributed by atoms with Gasteiger partial charge in [-0.25, -0.2) is 0 Å². The van der Waals surface area contributed by atoms with Crippen LogP contribution in [0, 0.1) is 6.92 Å². The van der Waals surface area contributed by atoms with Gasteiger partial charge in [0.05, 0.1) is 16.7 Å². The fourth-order valence-corrected chi connectivity index (χ4v) is 7.34. The Hall–Kier alpha value is -5.99. The lowest BCUT2D eigenvalue weighted by molar-refractivity contribution is 1.15. The minimum Gasteiger partial charge on any atom is -0.309 e. The summed E-state index contributed by atoms with van der Waals surface area (Å²) < 4.78 is 2.41. The monoisotopic (exact) mass is 586 g/mol. The van der Waals surface area contributed by atoms with Gasteiger partial charge in [-0.15, -0.1) is 0 Å². The first-order valence-corrected chi connectivity index (χ1v) is 15.8. The molecule has 46 heavy (non-hydrogen) atoms. The molecule has 0 aliphatic rings. The summed E-state index contributed by atoms with van der Waals surface area (Å²) in [7, 11) is 0. The Bertz CT molecular complexity index is 2460. The fraction of sp³-hybridized carbons (Fsp3) is 0.0227. The van der Waals surface area contributed by atoms with Crippen molar-refractivity contribution in [3.63, 3.8) is 0 Å². The highest BCUT2D eigenvalue weighted by atomic mass is 15.0. The molecule has 0 atom stereocenters. The van der Waals surface area contributed by atoms with E-state index in [9.17, 15) is 0 Å². The van der Waals surface area contributed by atoms with Gasteiger partial charge in [0.15, 0.2) is 0 Å². The van der Waals surface area contributed by atoms with Gasteiger partial charge < -0.3 is 4.57 Å². The average Bonchev–Trinajstić information content (AvgIpc) is 3.45. The summed E-state index contributed by atoms with van der Waals surface area (Å²) in [6.07, 6.45) is 1.85. The van der Waals surface area contributed by atoms with Crippen LogP contribution in [0.5, 0.6) is 0 Å². The molecule has 9 rings (SSSR count). The third-order valence-corrected chi connectivity index (χ3v) is 9.37. The van der Waals surface area contributed by atoms with Crippen molar-refractivity contribution in [3.8, 4) is 39.2 Å². The number of aromatic nitrogens is 2. The van der Waals surface area contributed by atoms with Crippen molar-refractivity contribution in [1.82, 2.24) is 9.55 Å². The maximum atomic E-state index is 4.55. The van der Waals surface area contributed by atoms with Crippen molar-refractivity contribution >= 4 is 43.4 Å². The molecule has 216 valence electrons. The minimum atomic E-state index is 0.985. The molecule has 0 N–H and O–H groups in total. The first-order chi connectivity index (χ1) is 22.8. The van der Waals surface area contributed by atoms with Gasteiger partial charge in [0.1, 0.15) is 0 Å². The van der Waals surface area contributed by atoms with Gasteiger partial charge in [0.25, 0.3) is 0 Å². The lowest BCUT2D eigenvalue weighted by Crippen LogP contribution is -1.98. The number of aryl methyl sites for hydroxylation is 1. The van der Waals surface area contributed by atoms with Gasteiger partial charge in [-0.2, -0.15) is 0 Å². The molecule has 0 saturated heterocycles. The van der Waals surface area contributed by atoms with Crippen LogP contribution >= 0.6 is 0 Å². The summed E-state index contributed by atoms with van der Waals surface area (Å²) in [6.45, 7) is 2.24. The predicted molar refractivity (Wildman–Crippen MR) is 195 cm³/mol. The van der Waals surface area contributed by atoms with E-state index in [0.717, 1.165) is 11.3 Å². The van der Waals surface area contributed by atoms with Crippen molar-refractivity contribution in [2.75, 3.05) is 0 Å². The van der Waals surface area contributed by atoms with Crippen LogP contribution in [0.15, 0.2) is 164 Å². The summed E-state index contributed by atoms with van der Waals surface area (Å²) in [5.74, 6) is 0. The van der Waals surface area contributed by atoms with E-state index in [0.29, 0.717) is 0 Å². The molecule has 0 radical (unpaired) electrons. The maximum absolute atomic E-state index is 4.55. The van der Waals surface area contributed by atoms with Crippen LogP contribution in [0.4, 0.5) is 0 Å². The summed E-state index contributed by atoms with van der Waals surface area (Å²) in [6, 6.07) is 57.0. The summed E-state index contributed by atoms with van der Waals surface area (Å²) >= 11 is 0. The van der Waals surface area contributed by atoms with Gasteiger partial charge >= 0.3 is 0 Å². The molecule has 2 heterocycles. The SMILES string of the molecule is Cc1cc(-c2c3ccccc3c(-c3ccc(-c4ccccn4)cc3)c3ccccc23)ccc1-n1c2ccccc2c2ccccc21. The van der Waals surface area contributed by atoms with Gasteiger partial charge in [-0.05, 0) is 92.7 Å². The van der Waals surface area contributed by atoms with E-state index in [2.05, 4.69) is 162 Å². The Morgan fingerprint density at radius 1 is 0.413 bits per heavy atom. The molecule has 2 nitrogen and oxygen atoms in total. The van der Waals surface area contributed by atoms with Crippen LogP contribution in [-0.4, -0.2) is 9.55 Å². The van der Waals surface area contributed by atoms with E-state index < -0.39 is 0 Å². The first kappa shape index (κ1) is 26.4. The molecule has 7 aromatic carbocycles. The van der Waals surface area contributed by atoms with Gasteiger partial charge in [0, 0.05) is 28.2 Å². The largest absolute Gasteiger partial charge is 0.309 e. The summed E-state index contributed by atoms with van der Waals surface area (Å²) in [5, 5.41) is 7.59. The van der Waals surface area contributed by atoms with Crippen molar-refractivity contribution in [3.05, 3.63) is 169 Å². The zero-order chi connectivity index (χ0) is 30.6. The number of pyridine rings is 1. The number of benzene rings is 7. The van der Waals surface area contributed by atoms with Crippen molar-refractivity contribution in [2.45, 2.75) is 6.92 Å². The molecule has 0 amide bonds. The molecule has 0 unspecified atom stereocenters. The fourth-order valence-electron chi connectivity index (χ4n) is 7.34. The Kier molecular flexibility index (Phi) is 6.07. The van der Waals surface area contributed by atoms with Crippen molar-refractivity contribution in [2.24, 2.45) is 0 Å². The van der Waals surface area contributed by atoms with Gasteiger partial charge in [-0.3, -0.25) is 4.98 Å². The zero-order valence-electron chi connectivity index (χ0n) is 25.5. The van der Waals surface area contributed by atoms with Crippen LogP contribution in [-0.2, 0) is 0 Å². The molecule has 0 aliphatic carbocycles. The van der Waals surface area contributed by atoms with E-state index in [1.165, 1.54) is 76.9 Å². The second-order valence-corrected chi connectivity index (χ2v) is 12.0. The van der Waals surface area contributed by atoms with E-state index in [-0.39, 0.29) is 0 Å². The lowest BCUT2D eigenvalue weighted by atomic mass is 9.85. The van der Waals surface area contributed by atoms with E-state index in [4.69, 9.17) is 0 Å². The van der Waals surface area contributed by atoms with Crippen LogP contribution in [0.25, 0.3) is 82.5 Å². The number of para-hydroxylation sites is 2. The highest BCUT2D eigenvalue weighted by Crippen LogP contribution is 2.44. The van der Waals surface area contributed by atoms with Crippen LogP contribution in [0.2, 0.25) is 0 Å². The summed E-state index contributed by atoms with van der Waals surface area (Å²) in [5.41, 5.74) is 12.0. The topological polar surface area (TPSA) is 17.8 Å². The Balaban J connectivity index is 1.25. The molecular formula is C44H30N2. The van der Waals surface area contributed by atoms with Crippen LogP contribution in [0.3, 0.4) is 0 Å². The smallest absolute Gasteiger partial charge is 0.0701 e. The van der Waals surface area contributed by atoms with Crippen molar-refractivity contribution < 1.29 is 0 Å². The maximum Gasteiger partial charge on any atom is 0.0701 e. The Morgan fingerprint density at radius 2 is 0.870 bits per heavy atom. The predicted octanol–water partition coefficient (Wildman–Crippen LogP) is 11.8. The van der Waals surface area contributed by atoms with E-state index in [1.807, 2.05) is 18.3 Å². The quantitative estimate of drug-likeness (QED) is 0.188. The number of rotatable bonds is 4. The first-order valence-electron chi connectivity index (χ1n) is 15.8. The third kappa shape index (κ3) is 4.08. The number of hydrogen-bond donors (Lipinski definition) is 0. The standard InChI is InChI=1S/C44H30N2/c1-29-28-32(25-26-40(29)46-41-19-8-6-12-33(41)34-13-7-9-20-42(34)46)44-37-16-4-2-14-35(37)43(36-15-3-5-17-38(36)44)31-23-21-30(22-24-31)39-18-10-11-27-45-39/h2-28H,1H3. The normalized spacial score (nSPS) is 11.6.